The van der Waals surface area contributed by atoms with Crippen molar-refractivity contribution < 1.29 is 18.0 Å². The van der Waals surface area contributed by atoms with Crippen molar-refractivity contribution in [3.05, 3.63) is 41.5 Å². The molecule has 5 heteroatoms. The Hall–Kier alpha value is -1.78. The lowest BCUT2D eigenvalue weighted by Crippen LogP contribution is -2.23. The van der Waals surface area contributed by atoms with Crippen molar-refractivity contribution in [1.82, 2.24) is 5.32 Å². The summed E-state index contributed by atoms with van der Waals surface area (Å²) in [6, 6.07) is 5.18. The minimum absolute atomic E-state index is 0.00317. The predicted molar refractivity (Wildman–Crippen MR) is 66.2 cm³/mol. The lowest BCUT2D eigenvalue weighted by atomic mass is 10.1. The molecule has 2 rings (SSSR count). The average molecular weight is 269 g/mol. The first-order chi connectivity index (χ1) is 8.97. The Kier molecular flexibility index (Phi) is 3.93. The van der Waals surface area contributed by atoms with Gasteiger partial charge in [-0.05, 0) is 36.5 Å². The van der Waals surface area contributed by atoms with E-state index in [2.05, 4.69) is 5.32 Å². The number of benzene rings is 1. The Morgan fingerprint density at radius 3 is 2.63 bits per heavy atom. The maximum atomic E-state index is 12.7. The third-order valence-corrected chi connectivity index (χ3v) is 2.94. The molecule has 0 unspecified atom stereocenters. The number of amides is 1. The van der Waals surface area contributed by atoms with E-state index in [9.17, 15) is 18.0 Å². The molecule has 1 amide bonds. The summed E-state index contributed by atoms with van der Waals surface area (Å²) in [5, 5.41) is 2.67. The van der Waals surface area contributed by atoms with Gasteiger partial charge in [-0.3, -0.25) is 4.79 Å². The molecule has 2 nitrogen and oxygen atoms in total. The van der Waals surface area contributed by atoms with Crippen LogP contribution in [0.1, 0.15) is 24.0 Å². The van der Waals surface area contributed by atoms with Gasteiger partial charge < -0.3 is 5.32 Å². The van der Waals surface area contributed by atoms with Crippen LogP contribution in [0.4, 0.5) is 13.2 Å². The van der Waals surface area contributed by atoms with E-state index in [1.165, 1.54) is 24.3 Å². The topological polar surface area (TPSA) is 29.1 Å². The molecule has 1 aromatic rings. The van der Waals surface area contributed by atoms with E-state index in [1.54, 1.807) is 0 Å². The smallest absolute Gasteiger partial charge is 0.352 e. The number of hydrogen-bond acceptors (Lipinski definition) is 1. The highest BCUT2D eigenvalue weighted by Gasteiger charge is 2.32. The molecule has 1 N–H and O–H groups in total. The van der Waals surface area contributed by atoms with Crippen LogP contribution in [0.2, 0.25) is 0 Å². The minimum atomic E-state index is -4.41. The molecule has 0 radical (unpaired) electrons. The average Bonchev–Trinajstić information content (AvgIpc) is 3.17. The monoisotopic (exact) mass is 269 g/mol. The first-order valence-corrected chi connectivity index (χ1v) is 6.09. The van der Waals surface area contributed by atoms with Crippen LogP contribution >= 0.6 is 0 Å². The van der Waals surface area contributed by atoms with Crippen molar-refractivity contribution in [2.24, 2.45) is 5.92 Å². The van der Waals surface area contributed by atoms with Gasteiger partial charge in [0.05, 0.1) is 5.56 Å². The van der Waals surface area contributed by atoms with E-state index >= 15 is 0 Å². The zero-order valence-corrected chi connectivity index (χ0v) is 10.2. The van der Waals surface area contributed by atoms with Crippen LogP contribution in [0.25, 0.3) is 6.08 Å². The number of carbonyl (C=O) groups is 1. The second-order valence-electron chi connectivity index (χ2n) is 4.61. The highest BCUT2D eigenvalue weighted by molar-refractivity contribution is 5.91. The van der Waals surface area contributed by atoms with E-state index < -0.39 is 11.7 Å². The Bertz CT molecular complexity index is 490. The SMILES string of the molecule is O=C(C=Cc1ccccc1C(F)(F)F)NCC1CC1. The molecule has 1 aliphatic rings. The number of halogens is 3. The van der Waals surface area contributed by atoms with E-state index in [1.807, 2.05) is 0 Å². The minimum Gasteiger partial charge on any atom is -0.352 e. The van der Waals surface area contributed by atoms with Gasteiger partial charge in [-0.25, -0.2) is 0 Å². The van der Waals surface area contributed by atoms with Gasteiger partial charge in [0, 0.05) is 12.6 Å². The second-order valence-corrected chi connectivity index (χ2v) is 4.61. The van der Waals surface area contributed by atoms with Crippen molar-refractivity contribution in [2.75, 3.05) is 6.54 Å². The third-order valence-electron chi connectivity index (χ3n) is 2.94. The van der Waals surface area contributed by atoms with Gasteiger partial charge in [0.1, 0.15) is 0 Å². The summed E-state index contributed by atoms with van der Waals surface area (Å²) >= 11 is 0. The molecule has 0 aromatic heterocycles. The Balaban J connectivity index is 2.03. The molecule has 0 atom stereocenters. The van der Waals surface area contributed by atoms with Gasteiger partial charge in [0.15, 0.2) is 0 Å². The number of carbonyl (C=O) groups excluding carboxylic acids is 1. The summed E-state index contributed by atoms with van der Waals surface area (Å²) in [5.74, 6) is 0.184. The lowest BCUT2D eigenvalue weighted by Gasteiger charge is -2.09. The molecular weight excluding hydrogens is 255 g/mol. The lowest BCUT2D eigenvalue weighted by molar-refractivity contribution is -0.137. The molecule has 102 valence electrons. The van der Waals surface area contributed by atoms with Crippen LogP contribution < -0.4 is 5.32 Å². The highest BCUT2D eigenvalue weighted by Crippen LogP contribution is 2.32. The number of rotatable bonds is 4. The van der Waals surface area contributed by atoms with Crippen molar-refractivity contribution in [2.45, 2.75) is 19.0 Å². The molecule has 0 saturated heterocycles. The Labute approximate surface area is 109 Å². The van der Waals surface area contributed by atoms with Crippen LogP contribution in [-0.2, 0) is 11.0 Å². The summed E-state index contributed by atoms with van der Waals surface area (Å²) < 4.78 is 38.1. The molecule has 0 heterocycles. The molecule has 1 saturated carbocycles. The number of hydrogen-bond donors (Lipinski definition) is 1. The van der Waals surface area contributed by atoms with Crippen LogP contribution in [0.5, 0.6) is 0 Å². The fraction of sp³-hybridized carbons (Fsp3) is 0.357. The first-order valence-electron chi connectivity index (χ1n) is 6.09. The molecule has 1 fully saturated rings. The standard InChI is InChI=1S/C14H14F3NO/c15-14(16,17)12-4-2-1-3-11(12)7-8-13(19)18-9-10-5-6-10/h1-4,7-8,10H,5-6,9H2,(H,18,19). The van der Waals surface area contributed by atoms with E-state index in [0.717, 1.165) is 25.0 Å². The fourth-order valence-electron chi connectivity index (χ4n) is 1.69. The summed E-state index contributed by atoms with van der Waals surface area (Å²) in [7, 11) is 0. The molecule has 0 spiro atoms. The van der Waals surface area contributed by atoms with Crippen molar-refractivity contribution >= 4 is 12.0 Å². The highest BCUT2D eigenvalue weighted by atomic mass is 19.4. The van der Waals surface area contributed by atoms with Crippen LogP contribution in [0.15, 0.2) is 30.3 Å². The Morgan fingerprint density at radius 2 is 2.00 bits per heavy atom. The summed E-state index contributed by atoms with van der Waals surface area (Å²) in [6.45, 7) is 0.601. The molecule has 0 aliphatic heterocycles. The number of nitrogens with one attached hydrogen (secondary N) is 1. The molecule has 1 aromatic carbocycles. The van der Waals surface area contributed by atoms with Gasteiger partial charge in [-0.15, -0.1) is 0 Å². The summed E-state index contributed by atoms with van der Waals surface area (Å²) in [6.07, 6.45) is 0.158. The maximum Gasteiger partial charge on any atom is 0.416 e. The zero-order valence-electron chi connectivity index (χ0n) is 10.2. The van der Waals surface area contributed by atoms with Crippen molar-refractivity contribution in [3.63, 3.8) is 0 Å². The second kappa shape index (κ2) is 5.47. The van der Waals surface area contributed by atoms with Gasteiger partial charge in [0.25, 0.3) is 0 Å². The van der Waals surface area contributed by atoms with E-state index in [-0.39, 0.29) is 11.5 Å². The van der Waals surface area contributed by atoms with E-state index in [0.29, 0.717) is 12.5 Å². The molecule has 19 heavy (non-hydrogen) atoms. The van der Waals surface area contributed by atoms with Gasteiger partial charge in [-0.2, -0.15) is 13.2 Å². The van der Waals surface area contributed by atoms with Gasteiger partial charge >= 0.3 is 6.18 Å². The zero-order chi connectivity index (χ0) is 13.9. The van der Waals surface area contributed by atoms with Gasteiger partial charge in [0.2, 0.25) is 5.91 Å². The molecular formula is C14H14F3NO. The Morgan fingerprint density at radius 1 is 1.32 bits per heavy atom. The molecule has 1 aliphatic carbocycles. The normalized spacial score (nSPS) is 15.7. The van der Waals surface area contributed by atoms with E-state index in [4.69, 9.17) is 0 Å². The van der Waals surface area contributed by atoms with Crippen molar-refractivity contribution in [3.8, 4) is 0 Å². The van der Waals surface area contributed by atoms with Crippen LogP contribution in [-0.4, -0.2) is 12.5 Å². The largest absolute Gasteiger partial charge is 0.416 e. The fourth-order valence-corrected chi connectivity index (χ4v) is 1.69. The van der Waals surface area contributed by atoms with Crippen molar-refractivity contribution in [1.29, 1.82) is 0 Å². The predicted octanol–water partition coefficient (Wildman–Crippen LogP) is 3.24. The van der Waals surface area contributed by atoms with Crippen LogP contribution in [0.3, 0.4) is 0 Å². The molecule has 0 bridgehead atoms. The first kappa shape index (κ1) is 13.6. The maximum absolute atomic E-state index is 12.7. The number of alkyl halides is 3. The van der Waals surface area contributed by atoms with Gasteiger partial charge in [-0.1, -0.05) is 18.2 Å². The quantitative estimate of drug-likeness (QED) is 0.835. The van der Waals surface area contributed by atoms with Crippen LogP contribution in [0, 0.1) is 5.92 Å². The third kappa shape index (κ3) is 4.12. The summed E-state index contributed by atoms with van der Waals surface area (Å²) in [5.41, 5.74) is -0.738. The summed E-state index contributed by atoms with van der Waals surface area (Å²) in [4.78, 5) is 11.4.